The van der Waals surface area contributed by atoms with E-state index in [2.05, 4.69) is 15.1 Å². The van der Waals surface area contributed by atoms with Gasteiger partial charge in [-0.15, -0.1) is 0 Å². The molecule has 2 saturated heterocycles. The lowest BCUT2D eigenvalue weighted by Crippen LogP contribution is -2.45. The number of nitrogens with one attached hydrogen (secondary N) is 1. The molecule has 0 radical (unpaired) electrons. The number of rotatable bonds is 1. The first-order valence-electron chi connectivity index (χ1n) is 6.13. The van der Waals surface area contributed by atoms with Crippen molar-refractivity contribution in [1.82, 2.24) is 15.1 Å². The van der Waals surface area contributed by atoms with Crippen LogP contribution in [0.5, 0.6) is 0 Å². The first kappa shape index (κ1) is 14.7. The summed E-state index contributed by atoms with van der Waals surface area (Å²) in [6.45, 7) is 1.98. The third kappa shape index (κ3) is 3.08. The maximum absolute atomic E-state index is 11.0. The minimum absolute atomic E-state index is 0.444. The lowest BCUT2D eigenvalue weighted by Gasteiger charge is -2.26. The fraction of sp³-hybridized carbons (Fsp3) is 0.667. The van der Waals surface area contributed by atoms with E-state index in [4.69, 9.17) is 10.2 Å². The molecule has 6 nitrogen and oxygen atoms in total. The Bertz CT molecular complexity index is 313. The van der Waals surface area contributed by atoms with Crippen molar-refractivity contribution in [1.29, 1.82) is 0 Å². The van der Waals surface area contributed by atoms with Crippen LogP contribution in [0, 0.1) is 0 Å². The zero-order valence-electron chi connectivity index (χ0n) is 10.7. The molecule has 3 N–H and O–H groups in total. The Labute approximate surface area is 107 Å². The molecule has 1 aromatic heterocycles. The van der Waals surface area contributed by atoms with Crippen LogP contribution >= 0.6 is 0 Å². The molecule has 18 heavy (non-hydrogen) atoms. The van der Waals surface area contributed by atoms with E-state index in [-0.39, 0.29) is 0 Å². The molecule has 6 heteroatoms. The van der Waals surface area contributed by atoms with Gasteiger partial charge in [0.15, 0.2) is 0 Å². The number of nitrogens with zero attached hydrogens (tertiary/aromatic N) is 2. The van der Waals surface area contributed by atoms with Crippen molar-refractivity contribution in [2.45, 2.75) is 31.2 Å². The maximum Gasteiger partial charge on any atom is 0.324 e. The number of hydrogen-bond acceptors (Lipinski definition) is 4. The topological polar surface area (TPSA) is 89.4 Å². The molecule has 1 aromatic rings. The van der Waals surface area contributed by atoms with Crippen LogP contribution in [0.4, 0.5) is 0 Å². The van der Waals surface area contributed by atoms with Gasteiger partial charge in [-0.2, -0.15) is 5.10 Å². The van der Waals surface area contributed by atoms with Gasteiger partial charge in [-0.05, 0) is 44.8 Å². The van der Waals surface area contributed by atoms with Crippen molar-refractivity contribution in [3.8, 4) is 0 Å². The number of carboxylic acids is 1. The highest BCUT2D eigenvalue weighted by Crippen LogP contribution is 2.38. The summed E-state index contributed by atoms with van der Waals surface area (Å²) in [5.74, 6) is -0.604. The summed E-state index contributed by atoms with van der Waals surface area (Å²) in [7, 11) is 1.00. The van der Waals surface area contributed by atoms with Crippen LogP contribution in [-0.2, 0) is 4.79 Å². The number of aliphatic hydroxyl groups excluding tert-OH is 1. The van der Waals surface area contributed by atoms with Crippen LogP contribution in [0.2, 0.25) is 0 Å². The monoisotopic (exact) mass is 255 g/mol. The minimum Gasteiger partial charge on any atom is -0.480 e. The van der Waals surface area contributed by atoms with Gasteiger partial charge in [-0.1, -0.05) is 0 Å². The lowest BCUT2D eigenvalue weighted by atomic mass is 9.95. The summed E-state index contributed by atoms with van der Waals surface area (Å²) in [6, 6.07) is 1.83. The molecule has 0 aliphatic carbocycles. The van der Waals surface area contributed by atoms with E-state index < -0.39 is 11.5 Å². The fourth-order valence-corrected chi connectivity index (χ4v) is 2.67. The molecule has 0 aromatic carbocycles. The Morgan fingerprint density at radius 1 is 1.33 bits per heavy atom. The molecule has 0 atom stereocenters. The molecule has 102 valence electrons. The van der Waals surface area contributed by atoms with E-state index in [1.54, 1.807) is 12.4 Å². The number of hydrogen-bond donors (Lipinski definition) is 3. The predicted molar refractivity (Wildman–Crippen MR) is 67.1 cm³/mol. The van der Waals surface area contributed by atoms with E-state index >= 15 is 0 Å². The van der Waals surface area contributed by atoms with Gasteiger partial charge in [0, 0.05) is 19.5 Å². The Balaban J connectivity index is 0.000000195. The summed E-state index contributed by atoms with van der Waals surface area (Å²) in [5.41, 5.74) is -0.444. The van der Waals surface area contributed by atoms with Gasteiger partial charge < -0.3 is 10.2 Å². The minimum atomic E-state index is -0.604. The lowest BCUT2D eigenvalue weighted by molar-refractivity contribution is -0.147. The molecule has 0 unspecified atom stereocenters. The van der Waals surface area contributed by atoms with Crippen molar-refractivity contribution in [2.24, 2.45) is 0 Å². The number of aromatic nitrogens is 2. The van der Waals surface area contributed by atoms with Crippen molar-refractivity contribution < 1.29 is 15.0 Å². The predicted octanol–water partition coefficient (Wildman–Crippen LogP) is 0.718. The smallest absolute Gasteiger partial charge is 0.324 e. The first-order valence-corrected chi connectivity index (χ1v) is 6.13. The highest BCUT2D eigenvalue weighted by Gasteiger charge is 2.50. The normalized spacial score (nSPS) is 20.1. The molecule has 3 heterocycles. The van der Waals surface area contributed by atoms with Crippen LogP contribution in [0.15, 0.2) is 18.5 Å². The van der Waals surface area contributed by atoms with Crippen molar-refractivity contribution in [3.63, 3.8) is 0 Å². The molecule has 3 rings (SSSR count). The van der Waals surface area contributed by atoms with Gasteiger partial charge in [-0.25, -0.2) is 0 Å². The highest BCUT2D eigenvalue weighted by atomic mass is 16.4. The van der Waals surface area contributed by atoms with E-state index in [1.165, 1.54) is 0 Å². The standard InChI is InChI=1S/C8H13NO2.C3H4N2.CH4O/c10-7(11)8-3-1-5-9(8)6-2-4-8;1-2-4-5-3-1;1-2/h1-6H2,(H,10,11);1-3H,(H,4,5);2H,1H3. The summed E-state index contributed by atoms with van der Waals surface area (Å²) < 4.78 is 0. The second kappa shape index (κ2) is 7.13. The summed E-state index contributed by atoms with van der Waals surface area (Å²) in [6.07, 6.45) is 7.31. The Hall–Kier alpha value is -1.40. The van der Waals surface area contributed by atoms with Crippen LogP contribution in [0.25, 0.3) is 0 Å². The number of H-pyrrole nitrogens is 1. The molecular formula is C12H21N3O3. The van der Waals surface area contributed by atoms with Gasteiger partial charge in [0.1, 0.15) is 5.54 Å². The third-order valence-corrected chi connectivity index (χ3v) is 3.45. The molecule has 0 bridgehead atoms. The van der Waals surface area contributed by atoms with Crippen molar-refractivity contribution >= 4 is 5.97 Å². The van der Waals surface area contributed by atoms with Crippen LogP contribution < -0.4 is 0 Å². The van der Waals surface area contributed by atoms with Crippen LogP contribution in [0.3, 0.4) is 0 Å². The average Bonchev–Trinajstić information content (AvgIpc) is 3.10. The van der Waals surface area contributed by atoms with E-state index in [0.29, 0.717) is 0 Å². The fourth-order valence-electron chi connectivity index (χ4n) is 2.67. The second-order valence-electron chi connectivity index (χ2n) is 4.30. The SMILES string of the molecule is CO.O=C(O)C12CCCN1CCC2.c1cn[nH]c1. The summed E-state index contributed by atoms with van der Waals surface area (Å²) >= 11 is 0. The maximum atomic E-state index is 11.0. The van der Waals surface area contributed by atoms with E-state index in [9.17, 15) is 4.79 Å². The van der Waals surface area contributed by atoms with E-state index in [0.717, 1.165) is 45.9 Å². The Kier molecular flexibility index (Phi) is 5.80. The number of fused-ring (bicyclic) bond motifs is 1. The highest BCUT2D eigenvalue weighted by molar-refractivity contribution is 5.79. The van der Waals surface area contributed by atoms with Crippen molar-refractivity contribution in [2.75, 3.05) is 20.2 Å². The average molecular weight is 255 g/mol. The largest absolute Gasteiger partial charge is 0.480 e. The van der Waals surface area contributed by atoms with Gasteiger partial charge in [-0.3, -0.25) is 14.8 Å². The Morgan fingerprint density at radius 2 is 1.94 bits per heavy atom. The third-order valence-electron chi connectivity index (χ3n) is 3.45. The van der Waals surface area contributed by atoms with Gasteiger partial charge >= 0.3 is 5.97 Å². The number of aliphatic carboxylic acids is 1. The zero-order valence-corrected chi connectivity index (χ0v) is 10.7. The number of carbonyl (C=O) groups is 1. The van der Waals surface area contributed by atoms with Crippen LogP contribution in [0.1, 0.15) is 25.7 Å². The summed E-state index contributed by atoms with van der Waals surface area (Å²) in [5, 5.41) is 22.2. The molecular weight excluding hydrogens is 234 g/mol. The number of carboxylic acid groups (broad SMARTS) is 1. The van der Waals surface area contributed by atoms with Gasteiger partial charge in [0.05, 0.1) is 0 Å². The quantitative estimate of drug-likeness (QED) is 0.688. The second-order valence-corrected chi connectivity index (χ2v) is 4.30. The van der Waals surface area contributed by atoms with Gasteiger partial charge in [0.2, 0.25) is 0 Å². The van der Waals surface area contributed by atoms with E-state index in [1.807, 2.05) is 6.07 Å². The van der Waals surface area contributed by atoms with Crippen molar-refractivity contribution in [3.05, 3.63) is 18.5 Å². The molecule has 2 fully saturated rings. The van der Waals surface area contributed by atoms with Gasteiger partial charge in [0.25, 0.3) is 0 Å². The zero-order chi connectivity index (χ0) is 13.4. The molecule has 0 saturated carbocycles. The summed E-state index contributed by atoms with van der Waals surface area (Å²) in [4.78, 5) is 13.1. The molecule has 2 aliphatic heterocycles. The molecule has 2 aliphatic rings. The number of aromatic amines is 1. The molecule has 0 amide bonds. The first-order chi connectivity index (χ1) is 8.76. The Morgan fingerprint density at radius 3 is 2.22 bits per heavy atom. The molecule has 0 spiro atoms. The van der Waals surface area contributed by atoms with Crippen LogP contribution in [-0.4, -0.2) is 57.0 Å². The number of aliphatic hydroxyl groups is 1.